The van der Waals surface area contributed by atoms with Crippen LogP contribution in [0.25, 0.3) is 0 Å². The van der Waals surface area contributed by atoms with Gasteiger partial charge >= 0.3 is 12.0 Å². The van der Waals surface area contributed by atoms with E-state index in [-0.39, 0.29) is 10.7 Å². The minimum absolute atomic E-state index is 0.0684. The Bertz CT molecular complexity index is 703. The van der Waals surface area contributed by atoms with Crippen LogP contribution in [0.1, 0.15) is 16.1 Å². The van der Waals surface area contributed by atoms with Crippen molar-refractivity contribution in [2.45, 2.75) is 5.92 Å². The number of hydrogen-bond donors (Lipinski definition) is 2. The molecule has 0 bridgehead atoms. The highest BCUT2D eigenvalue weighted by molar-refractivity contribution is 6.30. The molecule has 114 valence electrons. The van der Waals surface area contributed by atoms with Crippen LogP contribution in [0.2, 0.25) is 5.02 Å². The van der Waals surface area contributed by atoms with Crippen molar-refractivity contribution in [1.29, 1.82) is 0 Å². The monoisotopic (exact) mass is 326 g/mol. The van der Waals surface area contributed by atoms with E-state index < -0.39 is 29.1 Å². The highest BCUT2D eigenvalue weighted by atomic mass is 35.5. The molecule has 0 fully saturated rings. The normalized spacial score (nSPS) is 11.0. The Labute approximate surface area is 128 Å². The average molecular weight is 327 g/mol. The van der Waals surface area contributed by atoms with E-state index in [9.17, 15) is 18.4 Å². The van der Waals surface area contributed by atoms with E-state index in [1.54, 1.807) is 0 Å². The van der Waals surface area contributed by atoms with Crippen molar-refractivity contribution >= 4 is 29.2 Å². The zero-order valence-corrected chi connectivity index (χ0v) is 11.6. The van der Waals surface area contributed by atoms with Gasteiger partial charge in [-0.3, -0.25) is 15.1 Å². The number of carbonyl (C=O) groups is 2. The van der Waals surface area contributed by atoms with Gasteiger partial charge in [-0.15, -0.1) is 0 Å². The molecule has 1 heterocycles. The number of nitrogens with zero attached hydrogens (tertiary/aromatic N) is 1. The summed E-state index contributed by atoms with van der Waals surface area (Å²) in [6.45, 7) is 0. The third kappa shape index (κ3) is 3.37. The molecule has 0 unspecified atom stereocenters. The van der Waals surface area contributed by atoms with E-state index in [0.29, 0.717) is 0 Å². The molecule has 0 spiro atoms. The lowest BCUT2D eigenvalue weighted by atomic mass is 10.0. The van der Waals surface area contributed by atoms with Crippen molar-refractivity contribution in [1.82, 2.24) is 4.98 Å². The lowest BCUT2D eigenvalue weighted by molar-refractivity contribution is 0.00693. The number of rotatable bonds is 4. The molecule has 2 rings (SSSR count). The van der Waals surface area contributed by atoms with Crippen molar-refractivity contribution in [2.75, 3.05) is 5.32 Å². The molecule has 22 heavy (non-hydrogen) atoms. The fraction of sp³-hybridized carbons (Fsp3) is 0.0714. The molecule has 1 amide bonds. The van der Waals surface area contributed by atoms with E-state index in [4.69, 9.17) is 16.7 Å². The van der Waals surface area contributed by atoms with Crippen molar-refractivity contribution in [3.05, 3.63) is 58.9 Å². The van der Waals surface area contributed by atoms with Crippen molar-refractivity contribution in [2.24, 2.45) is 0 Å². The number of pyridine rings is 1. The molecule has 1 aromatic carbocycles. The number of nitrogens with one attached hydrogen (secondary N) is 1. The second-order valence-corrected chi connectivity index (χ2v) is 4.71. The summed E-state index contributed by atoms with van der Waals surface area (Å²) < 4.78 is 28.3. The number of benzene rings is 1. The third-order valence-electron chi connectivity index (χ3n) is 2.74. The summed E-state index contributed by atoms with van der Waals surface area (Å²) in [4.78, 5) is 25.9. The predicted molar refractivity (Wildman–Crippen MR) is 75.6 cm³/mol. The van der Waals surface area contributed by atoms with Crippen LogP contribution >= 0.6 is 11.6 Å². The molecular formula is C14H9ClF2N2O3. The van der Waals surface area contributed by atoms with Crippen LogP contribution in [0, 0.1) is 0 Å². The molecular weight excluding hydrogens is 318 g/mol. The van der Waals surface area contributed by atoms with Gasteiger partial charge in [-0.05, 0) is 24.3 Å². The molecule has 0 radical (unpaired) electrons. The summed E-state index contributed by atoms with van der Waals surface area (Å²) in [5.41, 5.74) is -0.911. The standard InChI is InChI=1S/C14H9ClF2N2O3/c15-9-3-1-8(2-4-9)14(16,17)12(20)11-6-5-10(7-18-11)19-13(21)22/h1-7,19H,(H,21,22). The van der Waals surface area contributed by atoms with Gasteiger partial charge in [0.1, 0.15) is 5.69 Å². The Morgan fingerprint density at radius 3 is 2.27 bits per heavy atom. The first kappa shape index (κ1) is 15.8. The summed E-state index contributed by atoms with van der Waals surface area (Å²) in [5, 5.41) is 10.8. The van der Waals surface area contributed by atoms with Crippen molar-refractivity contribution < 1.29 is 23.5 Å². The van der Waals surface area contributed by atoms with Gasteiger partial charge in [0.05, 0.1) is 11.9 Å². The molecule has 0 aliphatic rings. The van der Waals surface area contributed by atoms with Gasteiger partial charge in [-0.1, -0.05) is 23.7 Å². The molecule has 2 N–H and O–H groups in total. The van der Waals surface area contributed by atoms with Crippen LogP contribution in [-0.2, 0) is 5.92 Å². The fourth-order valence-corrected chi connectivity index (χ4v) is 1.80. The Kier molecular flexibility index (Phi) is 4.37. The highest BCUT2D eigenvalue weighted by Crippen LogP contribution is 2.32. The smallest absolute Gasteiger partial charge is 0.409 e. The van der Waals surface area contributed by atoms with Crippen LogP contribution in [0.5, 0.6) is 0 Å². The highest BCUT2D eigenvalue weighted by Gasteiger charge is 2.42. The van der Waals surface area contributed by atoms with E-state index in [1.165, 1.54) is 18.2 Å². The number of carbonyl (C=O) groups excluding carboxylic acids is 1. The fourth-order valence-electron chi connectivity index (χ4n) is 1.68. The molecule has 8 heteroatoms. The number of Topliss-reactive ketones (excluding diaryl/α,β-unsaturated/α-hetero) is 1. The Morgan fingerprint density at radius 2 is 1.77 bits per heavy atom. The van der Waals surface area contributed by atoms with Crippen LogP contribution in [0.4, 0.5) is 19.3 Å². The van der Waals surface area contributed by atoms with E-state index in [2.05, 4.69) is 4.98 Å². The quantitative estimate of drug-likeness (QED) is 0.838. The Hall–Kier alpha value is -2.54. The van der Waals surface area contributed by atoms with E-state index in [0.717, 1.165) is 24.4 Å². The molecule has 1 aromatic heterocycles. The van der Waals surface area contributed by atoms with Crippen LogP contribution in [-0.4, -0.2) is 22.0 Å². The summed E-state index contributed by atoms with van der Waals surface area (Å²) in [5.74, 6) is -5.25. The van der Waals surface area contributed by atoms with Gasteiger partial charge in [0.2, 0.25) is 0 Å². The maximum absolute atomic E-state index is 14.1. The van der Waals surface area contributed by atoms with E-state index >= 15 is 0 Å². The third-order valence-corrected chi connectivity index (χ3v) is 2.99. The van der Waals surface area contributed by atoms with Crippen molar-refractivity contribution in [3.63, 3.8) is 0 Å². The minimum atomic E-state index is -3.76. The predicted octanol–water partition coefficient (Wildman–Crippen LogP) is 3.80. The maximum atomic E-state index is 14.1. The summed E-state index contributed by atoms with van der Waals surface area (Å²) in [7, 11) is 0. The molecule has 0 saturated carbocycles. The van der Waals surface area contributed by atoms with Crippen LogP contribution in [0.15, 0.2) is 42.6 Å². The van der Waals surface area contributed by atoms with Gasteiger partial charge < -0.3 is 5.11 Å². The number of anilines is 1. The molecule has 2 aromatic rings. The van der Waals surface area contributed by atoms with Gasteiger partial charge in [-0.25, -0.2) is 4.79 Å². The van der Waals surface area contributed by atoms with Gasteiger partial charge in [0, 0.05) is 10.6 Å². The zero-order valence-electron chi connectivity index (χ0n) is 10.9. The number of carboxylic acid groups (broad SMARTS) is 1. The zero-order chi connectivity index (χ0) is 16.3. The second-order valence-electron chi connectivity index (χ2n) is 4.27. The first-order valence-corrected chi connectivity index (χ1v) is 6.33. The summed E-state index contributed by atoms with van der Waals surface area (Å²) in [6.07, 6.45) is -0.341. The minimum Gasteiger partial charge on any atom is -0.465 e. The van der Waals surface area contributed by atoms with Crippen molar-refractivity contribution in [3.8, 4) is 0 Å². The molecule has 0 atom stereocenters. The number of alkyl halides is 2. The Balaban J connectivity index is 2.26. The van der Waals surface area contributed by atoms with Gasteiger partial charge in [0.15, 0.2) is 0 Å². The topological polar surface area (TPSA) is 79.3 Å². The maximum Gasteiger partial charge on any atom is 0.409 e. The van der Waals surface area contributed by atoms with Crippen LogP contribution in [0.3, 0.4) is 0 Å². The van der Waals surface area contributed by atoms with E-state index in [1.807, 2.05) is 5.32 Å². The van der Waals surface area contributed by atoms with Crippen LogP contribution < -0.4 is 5.32 Å². The lowest BCUT2D eigenvalue weighted by Gasteiger charge is -2.15. The SMILES string of the molecule is O=C(O)Nc1ccc(C(=O)C(F)(F)c2ccc(Cl)cc2)nc1. The first-order chi connectivity index (χ1) is 10.3. The first-order valence-electron chi connectivity index (χ1n) is 5.95. The summed E-state index contributed by atoms with van der Waals surface area (Å²) >= 11 is 5.62. The number of aromatic nitrogens is 1. The lowest BCUT2D eigenvalue weighted by Crippen LogP contribution is -2.27. The van der Waals surface area contributed by atoms with Gasteiger partial charge in [0.25, 0.3) is 5.78 Å². The number of ketones is 1. The number of hydrogen-bond acceptors (Lipinski definition) is 3. The number of amides is 1. The summed E-state index contributed by atoms with van der Waals surface area (Å²) in [6, 6.07) is 6.82. The van der Waals surface area contributed by atoms with Gasteiger partial charge in [-0.2, -0.15) is 8.78 Å². The Morgan fingerprint density at radius 1 is 1.14 bits per heavy atom. The molecule has 0 aliphatic heterocycles. The molecule has 0 saturated heterocycles. The average Bonchev–Trinajstić information content (AvgIpc) is 2.47. The second kappa shape index (κ2) is 6.07. The molecule has 5 nitrogen and oxygen atoms in total. The number of halogens is 3. The largest absolute Gasteiger partial charge is 0.465 e. The molecule has 0 aliphatic carbocycles.